The highest BCUT2D eigenvalue weighted by molar-refractivity contribution is 9.10. The molecule has 4 rings (SSSR count). The Kier molecular flexibility index (Phi) is 5.64. The Hall–Kier alpha value is -2.37. The maximum atomic E-state index is 10.6. The maximum Gasteiger partial charge on any atom is 0.134 e. The molecule has 1 N–H and O–H groups in total. The van der Waals surface area contributed by atoms with E-state index in [1.54, 1.807) is 0 Å². The van der Waals surface area contributed by atoms with Gasteiger partial charge in [-0.1, -0.05) is 49.4 Å². The van der Waals surface area contributed by atoms with E-state index in [2.05, 4.69) is 45.6 Å². The Morgan fingerprint density at radius 1 is 1.07 bits per heavy atom. The van der Waals surface area contributed by atoms with E-state index < -0.39 is 6.10 Å². The normalized spacial score (nSPS) is 12.5. The van der Waals surface area contributed by atoms with E-state index in [1.165, 1.54) is 0 Å². The number of benzene rings is 3. The van der Waals surface area contributed by atoms with Crippen LogP contribution in [0.5, 0.6) is 5.75 Å². The topological polar surface area (TPSA) is 47.3 Å². The maximum absolute atomic E-state index is 10.6. The monoisotopic (exact) mass is 438 g/mol. The summed E-state index contributed by atoms with van der Waals surface area (Å²) in [7, 11) is 0. The van der Waals surface area contributed by atoms with Crippen LogP contribution in [0.25, 0.3) is 21.8 Å². The molecule has 0 radical (unpaired) electrons. The van der Waals surface area contributed by atoms with Gasteiger partial charge in [-0.05, 0) is 51.3 Å². The van der Waals surface area contributed by atoms with Crippen LogP contribution in [0.4, 0.5) is 0 Å². The summed E-state index contributed by atoms with van der Waals surface area (Å²) in [6.45, 7) is 2.82. The van der Waals surface area contributed by atoms with Crippen molar-refractivity contribution in [3.8, 4) is 5.75 Å². The molecule has 0 aliphatic carbocycles. The summed E-state index contributed by atoms with van der Waals surface area (Å²) in [5.74, 6) is 1.75. The van der Waals surface area contributed by atoms with Crippen LogP contribution in [0.15, 0.2) is 65.1 Å². The average Bonchev–Trinajstić information content (AvgIpc) is 3.05. The van der Waals surface area contributed by atoms with Gasteiger partial charge >= 0.3 is 0 Å². The highest BCUT2D eigenvalue weighted by Gasteiger charge is 2.15. The van der Waals surface area contributed by atoms with Crippen LogP contribution < -0.4 is 4.74 Å². The number of aliphatic hydroxyl groups is 1. The number of rotatable bonds is 7. The molecular weight excluding hydrogens is 416 g/mol. The van der Waals surface area contributed by atoms with Gasteiger partial charge in [0.2, 0.25) is 0 Å². The second kappa shape index (κ2) is 8.33. The SMILES string of the molecule is CCCc1nc2ccccc2n1CC(O)COc1ccc2ccccc2c1Br. The van der Waals surface area contributed by atoms with Crippen LogP contribution in [0, 0.1) is 0 Å². The van der Waals surface area contributed by atoms with Crippen molar-refractivity contribution in [2.24, 2.45) is 0 Å². The highest BCUT2D eigenvalue weighted by atomic mass is 79.9. The van der Waals surface area contributed by atoms with Gasteiger partial charge < -0.3 is 14.4 Å². The fourth-order valence-electron chi connectivity index (χ4n) is 3.52. The van der Waals surface area contributed by atoms with Crippen molar-refractivity contribution in [3.05, 3.63) is 71.0 Å². The summed E-state index contributed by atoms with van der Waals surface area (Å²) in [5, 5.41) is 12.9. The molecule has 0 bridgehead atoms. The molecule has 0 saturated carbocycles. The number of hydrogen-bond acceptors (Lipinski definition) is 3. The highest BCUT2D eigenvalue weighted by Crippen LogP contribution is 2.33. The second-order valence-electron chi connectivity index (χ2n) is 6.94. The van der Waals surface area contributed by atoms with E-state index in [0.717, 1.165) is 50.7 Å². The summed E-state index contributed by atoms with van der Waals surface area (Å²) >= 11 is 3.64. The Morgan fingerprint density at radius 3 is 2.71 bits per heavy atom. The number of para-hydroxylation sites is 2. The third-order valence-corrected chi connectivity index (χ3v) is 5.68. The molecule has 0 aliphatic heterocycles. The Balaban J connectivity index is 1.51. The number of halogens is 1. The van der Waals surface area contributed by atoms with E-state index in [1.807, 2.05) is 42.5 Å². The second-order valence-corrected chi connectivity index (χ2v) is 7.73. The first kappa shape index (κ1) is 19.0. The molecule has 1 atom stereocenters. The summed E-state index contributed by atoms with van der Waals surface area (Å²) in [5.41, 5.74) is 2.02. The van der Waals surface area contributed by atoms with Gasteiger partial charge in [0, 0.05) is 6.42 Å². The molecule has 0 aliphatic rings. The smallest absolute Gasteiger partial charge is 0.134 e. The standard InChI is InChI=1S/C23H23BrN2O2/c1-2-7-22-25-19-10-5-6-11-20(19)26(22)14-17(27)15-28-21-13-12-16-8-3-4-9-18(16)23(21)24/h3-6,8-13,17,27H,2,7,14-15H2,1H3. The summed E-state index contributed by atoms with van der Waals surface area (Å²) in [4.78, 5) is 4.73. The lowest BCUT2D eigenvalue weighted by Crippen LogP contribution is -2.24. The van der Waals surface area contributed by atoms with Crippen LogP contribution in [0.1, 0.15) is 19.2 Å². The zero-order valence-electron chi connectivity index (χ0n) is 15.8. The zero-order valence-corrected chi connectivity index (χ0v) is 17.4. The minimum atomic E-state index is -0.633. The lowest BCUT2D eigenvalue weighted by atomic mass is 10.1. The number of fused-ring (bicyclic) bond motifs is 2. The molecule has 1 heterocycles. The lowest BCUT2D eigenvalue weighted by Gasteiger charge is -2.17. The van der Waals surface area contributed by atoms with E-state index in [-0.39, 0.29) is 6.61 Å². The Labute approximate surface area is 172 Å². The minimum absolute atomic E-state index is 0.217. The molecule has 4 aromatic rings. The van der Waals surface area contributed by atoms with Gasteiger partial charge in [0.25, 0.3) is 0 Å². The van der Waals surface area contributed by atoms with Gasteiger partial charge in [-0.3, -0.25) is 0 Å². The number of aryl methyl sites for hydroxylation is 1. The quantitative estimate of drug-likeness (QED) is 0.423. The van der Waals surface area contributed by atoms with Crippen LogP contribution in [-0.4, -0.2) is 27.4 Å². The Bertz CT molecular complexity index is 1110. The van der Waals surface area contributed by atoms with Crippen molar-refractivity contribution < 1.29 is 9.84 Å². The minimum Gasteiger partial charge on any atom is -0.490 e. The van der Waals surface area contributed by atoms with E-state index in [9.17, 15) is 5.11 Å². The van der Waals surface area contributed by atoms with Gasteiger partial charge in [0.15, 0.2) is 0 Å². The lowest BCUT2D eigenvalue weighted by molar-refractivity contribution is 0.0924. The Morgan fingerprint density at radius 2 is 1.86 bits per heavy atom. The first-order valence-electron chi connectivity index (χ1n) is 9.59. The van der Waals surface area contributed by atoms with Gasteiger partial charge in [-0.25, -0.2) is 4.98 Å². The van der Waals surface area contributed by atoms with Crippen LogP contribution >= 0.6 is 15.9 Å². The first-order valence-corrected chi connectivity index (χ1v) is 10.4. The number of aromatic nitrogens is 2. The van der Waals surface area contributed by atoms with E-state index in [4.69, 9.17) is 9.72 Å². The fraction of sp³-hybridized carbons (Fsp3) is 0.261. The van der Waals surface area contributed by atoms with Gasteiger partial charge in [0.1, 0.15) is 24.3 Å². The van der Waals surface area contributed by atoms with Gasteiger partial charge in [0.05, 0.1) is 22.1 Å². The molecule has 0 fully saturated rings. The van der Waals surface area contributed by atoms with Crippen molar-refractivity contribution in [2.45, 2.75) is 32.4 Å². The number of aliphatic hydroxyl groups excluding tert-OH is 1. The summed E-state index contributed by atoms with van der Waals surface area (Å²) < 4.78 is 8.96. The van der Waals surface area contributed by atoms with E-state index >= 15 is 0 Å². The molecule has 5 heteroatoms. The van der Waals surface area contributed by atoms with E-state index in [0.29, 0.717) is 6.54 Å². The molecule has 4 nitrogen and oxygen atoms in total. The summed E-state index contributed by atoms with van der Waals surface area (Å²) in [6.07, 6.45) is 1.27. The molecule has 0 spiro atoms. The van der Waals surface area contributed by atoms with Crippen molar-refractivity contribution in [2.75, 3.05) is 6.61 Å². The number of imidazole rings is 1. The number of hydrogen-bond donors (Lipinski definition) is 1. The fourth-order valence-corrected chi connectivity index (χ4v) is 4.13. The third kappa shape index (κ3) is 3.77. The molecule has 144 valence electrons. The average molecular weight is 439 g/mol. The zero-order chi connectivity index (χ0) is 19.5. The predicted octanol–water partition coefficient (Wildman–Crippen LogP) is 5.34. The van der Waals surface area contributed by atoms with Crippen molar-refractivity contribution in [1.82, 2.24) is 9.55 Å². The number of ether oxygens (including phenoxy) is 1. The molecule has 0 amide bonds. The molecule has 1 aromatic heterocycles. The van der Waals surface area contributed by atoms with Gasteiger partial charge in [-0.15, -0.1) is 0 Å². The predicted molar refractivity (Wildman–Crippen MR) is 117 cm³/mol. The van der Waals surface area contributed by atoms with Crippen LogP contribution in [0.3, 0.4) is 0 Å². The van der Waals surface area contributed by atoms with Gasteiger partial charge in [-0.2, -0.15) is 0 Å². The number of nitrogens with zero attached hydrogens (tertiary/aromatic N) is 2. The van der Waals surface area contributed by atoms with Crippen molar-refractivity contribution >= 4 is 37.7 Å². The van der Waals surface area contributed by atoms with Crippen LogP contribution in [0.2, 0.25) is 0 Å². The first-order chi connectivity index (χ1) is 13.7. The largest absolute Gasteiger partial charge is 0.490 e. The summed E-state index contributed by atoms with van der Waals surface area (Å²) in [6, 6.07) is 20.2. The molecule has 3 aromatic carbocycles. The molecule has 1 unspecified atom stereocenters. The molecule has 0 saturated heterocycles. The van der Waals surface area contributed by atoms with Crippen molar-refractivity contribution in [3.63, 3.8) is 0 Å². The molecule has 28 heavy (non-hydrogen) atoms. The molecular formula is C23H23BrN2O2. The van der Waals surface area contributed by atoms with Crippen LogP contribution in [-0.2, 0) is 13.0 Å². The van der Waals surface area contributed by atoms with Crippen molar-refractivity contribution in [1.29, 1.82) is 0 Å². The third-order valence-electron chi connectivity index (χ3n) is 4.86.